The summed E-state index contributed by atoms with van der Waals surface area (Å²) >= 11 is 0. The summed E-state index contributed by atoms with van der Waals surface area (Å²) in [6.07, 6.45) is 2.06. The van der Waals surface area contributed by atoms with Crippen molar-refractivity contribution in [3.05, 3.63) is 84.9 Å². The summed E-state index contributed by atoms with van der Waals surface area (Å²) in [5, 5.41) is 0. The lowest BCUT2D eigenvalue weighted by molar-refractivity contribution is 1.24. The van der Waals surface area contributed by atoms with Crippen LogP contribution in [-0.4, -0.2) is 0 Å². The maximum atomic E-state index is 3.94. The molecule has 0 aliphatic carbocycles. The van der Waals surface area contributed by atoms with Gasteiger partial charge in [0.2, 0.25) is 0 Å². The van der Waals surface area contributed by atoms with E-state index in [1.54, 1.807) is 0 Å². The van der Waals surface area contributed by atoms with Crippen LogP contribution < -0.4 is 0 Å². The molecule has 0 heterocycles. The van der Waals surface area contributed by atoms with Gasteiger partial charge in [-0.1, -0.05) is 87.7 Å². The highest BCUT2D eigenvalue weighted by atomic mass is 14.0. The van der Waals surface area contributed by atoms with Crippen molar-refractivity contribution in [2.75, 3.05) is 0 Å². The van der Waals surface area contributed by atoms with E-state index in [2.05, 4.69) is 51.3 Å². The molecule has 104 valence electrons. The highest BCUT2D eigenvalue weighted by Crippen LogP contribution is 2.14. The van der Waals surface area contributed by atoms with Gasteiger partial charge in [-0.15, -0.1) is 0 Å². The van der Waals surface area contributed by atoms with E-state index < -0.39 is 0 Å². The van der Waals surface area contributed by atoms with Crippen LogP contribution in [-0.2, 0) is 0 Å². The van der Waals surface area contributed by atoms with Crippen molar-refractivity contribution in [1.82, 2.24) is 0 Å². The Kier molecular flexibility index (Phi) is 7.13. The first-order valence-corrected chi connectivity index (χ1v) is 7.15. The van der Waals surface area contributed by atoms with Gasteiger partial charge in [0.15, 0.2) is 0 Å². The van der Waals surface area contributed by atoms with Gasteiger partial charge in [0.05, 0.1) is 0 Å². The molecular weight excluding hydrogens is 240 g/mol. The predicted octanol–water partition coefficient (Wildman–Crippen LogP) is 6.22. The Morgan fingerprint density at radius 2 is 0.950 bits per heavy atom. The van der Waals surface area contributed by atoms with Gasteiger partial charge in [-0.05, 0) is 35.1 Å². The molecule has 0 spiro atoms. The largest absolute Gasteiger partial charge is 0.0952 e. The van der Waals surface area contributed by atoms with E-state index in [4.69, 9.17) is 0 Å². The second-order valence-electron chi connectivity index (χ2n) is 4.65. The number of allylic oxidation sites excluding steroid dienone is 2. The zero-order valence-corrected chi connectivity index (χ0v) is 12.6. The number of rotatable bonds is 4. The average Bonchev–Trinajstić information content (AvgIpc) is 2.55. The van der Waals surface area contributed by atoms with Crippen LogP contribution in [0.5, 0.6) is 0 Å². The molecule has 0 aliphatic rings. The predicted molar refractivity (Wildman–Crippen MR) is 91.5 cm³/mol. The van der Waals surface area contributed by atoms with Crippen LogP contribution in [0.1, 0.15) is 37.8 Å². The third-order valence-corrected chi connectivity index (χ3v) is 3.22. The molecule has 0 aliphatic heterocycles. The molecule has 0 fully saturated rings. The first-order valence-electron chi connectivity index (χ1n) is 7.15. The van der Waals surface area contributed by atoms with Crippen molar-refractivity contribution in [2.45, 2.75) is 26.7 Å². The van der Waals surface area contributed by atoms with E-state index in [0.29, 0.717) is 0 Å². The van der Waals surface area contributed by atoms with E-state index in [1.165, 1.54) is 22.3 Å². The lowest BCUT2D eigenvalue weighted by atomic mass is 10.1. The minimum atomic E-state index is 1.03. The molecule has 0 amide bonds. The van der Waals surface area contributed by atoms with Crippen LogP contribution in [0.25, 0.3) is 11.1 Å². The molecule has 0 bridgehead atoms. The van der Waals surface area contributed by atoms with E-state index >= 15 is 0 Å². The molecule has 0 saturated heterocycles. The van der Waals surface area contributed by atoms with Gasteiger partial charge in [-0.2, -0.15) is 0 Å². The van der Waals surface area contributed by atoms with Gasteiger partial charge in [-0.25, -0.2) is 0 Å². The maximum Gasteiger partial charge on any atom is -0.0231 e. The van der Waals surface area contributed by atoms with E-state index in [-0.39, 0.29) is 0 Å². The Hall–Kier alpha value is -2.08. The molecule has 0 saturated carbocycles. The van der Waals surface area contributed by atoms with E-state index in [1.807, 2.05) is 36.4 Å². The molecule has 0 N–H and O–H groups in total. The highest BCUT2D eigenvalue weighted by molar-refractivity contribution is 5.63. The van der Waals surface area contributed by atoms with Gasteiger partial charge < -0.3 is 0 Å². The van der Waals surface area contributed by atoms with Gasteiger partial charge in [0, 0.05) is 0 Å². The highest BCUT2D eigenvalue weighted by Gasteiger charge is 1.92. The molecule has 0 atom stereocenters. The van der Waals surface area contributed by atoms with Crippen molar-refractivity contribution >= 4 is 11.1 Å². The molecule has 2 rings (SSSR count). The molecule has 0 unspecified atom stereocenters. The van der Waals surface area contributed by atoms with Crippen LogP contribution in [0.3, 0.4) is 0 Å². The Labute approximate surface area is 123 Å². The Morgan fingerprint density at radius 1 is 0.650 bits per heavy atom. The summed E-state index contributed by atoms with van der Waals surface area (Å²) in [4.78, 5) is 0. The van der Waals surface area contributed by atoms with E-state index in [0.717, 1.165) is 12.8 Å². The molecule has 2 aromatic carbocycles. The fraction of sp³-hybridized carbons (Fsp3) is 0.200. The van der Waals surface area contributed by atoms with Crippen LogP contribution in [0, 0.1) is 0 Å². The standard InChI is InChI=1S/2C10H12/c2*1-3-9(2)10-7-5-4-6-8-10/h2*4-8H,2-3H2,1H3. The van der Waals surface area contributed by atoms with Gasteiger partial charge >= 0.3 is 0 Å². The Balaban J connectivity index is 0.000000200. The third kappa shape index (κ3) is 5.27. The smallest absolute Gasteiger partial charge is 0.0231 e. The second kappa shape index (κ2) is 8.92. The van der Waals surface area contributed by atoms with Crippen LogP contribution in [0.4, 0.5) is 0 Å². The molecular formula is C20H24. The Morgan fingerprint density at radius 3 is 1.20 bits per heavy atom. The summed E-state index contributed by atoms with van der Waals surface area (Å²) in [5.74, 6) is 0. The molecule has 2 aromatic rings. The fourth-order valence-corrected chi connectivity index (χ4v) is 1.76. The quantitative estimate of drug-likeness (QED) is 0.615. The van der Waals surface area contributed by atoms with Crippen molar-refractivity contribution < 1.29 is 0 Å². The minimum absolute atomic E-state index is 1.03. The van der Waals surface area contributed by atoms with Crippen molar-refractivity contribution in [2.24, 2.45) is 0 Å². The van der Waals surface area contributed by atoms with E-state index in [9.17, 15) is 0 Å². The fourth-order valence-electron chi connectivity index (χ4n) is 1.76. The summed E-state index contributed by atoms with van der Waals surface area (Å²) in [6, 6.07) is 20.5. The number of benzene rings is 2. The molecule has 0 heteroatoms. The topological polar surface area (TPSA) is 0 Å². The van der Waals surface area contributed by atoms with Crippen molar-refractivity contribution in [3.63, 3.8) is 0 Å². The van der Waals surface area contributed by atoms with Crippen LogP contribution in [0.15, 0.2) is 73.8 Å². The SMILES string of the molecule is C=C(CC)c1ccccc1.C=C(CC)c1ccccc1. The van der Waals surface area contributed by atoms with Gasteiger partial charge in [-0.3, -0.25) is 0 Å². The van der Waals surface area contributed by atoms with Gasteiger partial charge in [0.1, 0.15) is 0 Å². The minimum Gasteiger partial charge on any atom is -0.0952 e. The zero-order valence-electron chi connectivity index (χ0n) is 12.6. The maximum absolute atomic E-state index is 3.94. The molecule has 0 nitrogen and oxygen atoms in total. The second-order valence-corrected chi connectivity index (χ2v) is 4.65. The van der Waals surface area contributed by atoms with Crippen molar-refractivity contribution in [3.8, 4) is 0 Å². The van der Waals surface area contributed by atoms with Crippen molar-refractivity contribution in [1.29, 1.82) is 0 Å². The first-order chi connectivity index (χ1) is 9.69. The first kappa shape index (κ1) is 16.0. The van der Waals surface area contributed by atoms with Crippen LogP contribution in [0.2, 0.25) is 0 Å². The van der Waals surface area contributed by atoms with Gasteiger partial charge in [0.25, 0.3) is 0 Å². The summed E-state index contributed by atoms with van der Waals surface area (Å²) in [7, 11) is 0. The lowest BCUT2D eigenvalue weighted by Crippen LogP contribution is -1.77. The summed E-state index contributed by atoms with van der Waals surface area (Å²) in [6.45, 7) is 12.1. The van der Waals surface area contributed by atoms with Crippen LogP contribution >= 0.6 is 0 Å². The number of hydrogen-bond acceptors (Lipinski definition) is 0. The summed E-state index contributed by atoms with van der Waals surface area (Å²) < 4.78 is 0. The molecule has 0 radical (unpaired) electrons. The average molecular weight is 264 g/mol. The summed E-state index contributed by atoms with van der Waals surface area (Å²) in [5.41, 5.74) is 4.93. The normalized spacial score (nSPS) is 9.30. The lowest BCUT2D eigenvalue weighted by Gasteiger charge is -1.99. The Bertz CT molecular complexity index is 469. The third-order valence-electron chi connectivity index (χ3n) is 3.22. The number of hydrogen-bond donors (Lipinski definition) is 0. The molecule has 20 heavy (non-hydrogen) atoms. The monoisotopic (exact) mass is 264 g/mol. The zero-order chi connectivity index (χ0) is 14.8. The molecule has 0 aromatic heterocycles.